The van der Waals surface area contributed by atoms with Crippen LogP contribution in [0.1, 0.15) is 87.3 Å². The van der Waals surface area contributed by atoms with Crippen LogP contribution in [0, 0.1) is 6.92 Å². The van der Waals surface area contributed by atoms with Gasteiger partial charge in [0.15, 0.2) is 5.11 Å². The van der Waals surface area contributed by atoms with Crippen LogP contribution in [0.5, 0.6) is 0 Å². The molecule has 44 heteroatoms. The Balaban J connectivity index is 1.09. The molecule has 43 nitrogen and oxygen atoms in total. The lowest BCUT2D eigenvalue weighted by atomic mass is 10.0. The summed E-state index contributed by atoms with van der Waals surface area (Å²) in [6.07, 6.45) is 2.01. The molecule has 0 saturated carbocycles. The van der Waals surface area contributed by atoms with Crippen LogP contribution in [-0.4, -0.2) is 317 Å². The van der Waals surface area contributed by atoms with Gasteiger partial charge < -0.3 is 105 Å². The van der Waals surface area contributed by atoms with Crippen molar-refractivity contribution in [3.63, 3.8) is 0 Å². The number of carboxylic acid groups (broad SMARTS) is 8. The highest BCUT2D eigenvalue weighted by molar-refractivity contribution is 7.80. The fourth-order valence-electron chi connectivity index (χ4n) is 12.0. The van der Waals surface area contributed by atoms with Crippen molar-refractivity contribution in [3.8, 4) is 11.3 Å². The van der Waals surface area contributed by atoms with Crippen molar-refractivity contribution in [1.82, 2.24) is 87.8 Å². The van der Waals surface area contributed by atoms with Gasteiger partial charge >= 0.3 is 59.8 Å². The number of aromatic nitrogens is 3. The molecule has 118 heavy (non-hydrogen) atoms. The zero-order valence-electron chi connectivity index (χ0n) is 65.0. The van der Waals surface area contributed by atoms with Crippen molar-refractivity contribution in [2.24, 2.45) is 0 Å². The third-order valence-corrected chi connectivity index (χ3v) is 18.5. The Morgan fingerprint density at radius 2 is 0.915 bits per heavy atom. The van der Waals surface area contributed by atoms with E-state index in [0.717, 1.165) is 11.1 Å². The van der Waals surface area contributed by atoms with Crippen molar-refractivity contribution < 1.29 is 118 Å². The van der Waals surface area contributed by atoms with Crippen LogP contribution in [-0.2, 0) is 86.5 Å². The molecular formula is C74H103N19O24S. The van der Waals surface area contributed by atoms with Gasteiger partial charge in [-0.2, -0.15) is 0 Å². The lowest BCUT2D eigenvalue weighted by molar-refractivity contribution is -0.144. The highest BCUT2D eigenvalue weighted by Crippen LogP contribution is 2.23. The molecule has 0 aliphatic carbocycles. The number of nitrogens with one attached hydrogen (secondary N) is 12. The molecule has 1 fully saturated rings. The molecule has 0 radical (unpaired) electrons. The molecule has 3 aromatic carbocycles. The number of thiocarbonyl (C=S) groups is 1. The van der Waals surface area contributed by atoms with Crippen LogP contribution in [0.3, 0.4) is 0 Å². The number of rotatable bonds is 49. The first-order valence-electron chi connectivity index (χ1n) is 37.8. The first-order valence-corrected chi connectivity index (χ1v) is 38.3. The number of aryl methyl sites for hydroxylation is 1. The van der Waals surface area contributed by atoms with Crippen molar-refractivity contribution in [2.75, 3.05) is 122 Å². The number of carbonyl (C=O) groups excluding carboxylic acids is 8. The first kappa shape index (κ1) is 96.0. The topological polar surface area (TPSA) is 623 Å². The van der Waals surface area contributed by atoms with Gasteiger partial charge in [0.1, 0.15) is 36.8 Å². The zero-order valence-corrected chi connectivity index (χ0v) is 65.8. The van der Waals surface area contributed by atoms with Crippen molar-refractivity contribution in [2.45, 2.75) is 127 Å². The lowest BCUT2D eigenvalue weighted by Gasteiger charge is -2.35. The molecule has 20 N–H and O–H groups in total. The third kappa shape index (κ3) is 38.7. The monoisotopic (exact) mass is 1670 g/mol. The second kappa shape index (κ2) is 51.4. The van der Waals surface area contributed by atoms with Crippen LogP contribution in [0.2, 0.25) is 0 Å². The molecule has 4 unspecified atom stereocenters. The number of anilines is 2. The number of carboxylic acids is 8. The first-order chi connectivity index (χ1) is 56.2. The lowest BCUT2D eigenvalue weighted by Crippen LogP contribution is -2.53. The van der Waals surface area contributed by atoms with Gasteiger partial charge in [-0.25, -0.2) is 28.7 Å². The minimum absolute atomic E-state index is 0.00170. The van der Waals surface area contributed by atoms with Gasteiger partial charge in [0.25, 0.3) is 0 Å². The molecule has 2 heterocycles. The van der Waals surface area contributed by atoms with Gasteiger partial charge in [-0.15, -0.1) is 5.10 Å². The van der Waals surface area contributed by atoms with Crippen molar-refractivity contribution in [3.05, 3.63) is 95.7 Å². The summed E-state index contributed by atoms with van der Waals surface area (Å²) >= 11 is 5.54. The van der Waals surface area contributed by atoms with Crippen LogP contribution < -0.4 is 63.8 Å². The normalized spacial score (nSPS) is 14.2. The molecular weight excluding hydrogens is 1570 g/mol. The maximum Gasteiger partial charge on any atom is 0.326 e. The average molecular weight is 1670 g/mol. The van der Waals surface area contributed by atoms with E-state index in [-0.39, 0.29) is 160 Å². The molecule has 0 bridgehead atoms. The Hall–Kier alpha value is -12.6. The smallest absolute Gasteiger partial charge is 0.326 e. The second-order valence-electron chi connectivity index (χ2n) is 27.6. The summed E-state index contributed by atoms with van der Waals surface area (Å²) in [7, 11) is 0. The van der Waals surface area contributed by atoms with Crippen LogP contribution in [0.4, 0.5) is 21.0 Å². The number of carbonyl (C=O) groups is 16. The minimum atomic E-state index is -1.58. The van der Waals surface area contributed by atoms with E-state index < -0.39 is 159 Å². The van der Waals surface area contributed by atoms with Gasteiger partial charge in [0, 0.05) is 95.4 Å². The van der Waals surface area contributed by atoms with Gasteiger partial charge in [-0.05, 0) is 125 Å². The number of hydrogen-bond acceptors (Lipinski definition) is 23. The molecule has 1 aliphatic heterocycles. The summed E-state index contributed by atoms with van der Waals surface area (Å²) in [5, 5.41) is 116. The van der Waals surface area contributed by atoms with E-state index in [4.69, 9.17) is 17.3 Å². The number of nitrogens with zero attached hydrogens (tertiary/aromatic N) is 7. The van der Waals surface area contributed by atoms with E-state index in [0.29, 0.717) is 41.0 Å². The largest absolute Gasteiger partial charge is 0.481 e. The zero-order chi connectivity index (χ0) is 86.6. The molecule has 4 aromatic rings. The van der Waals surface area contributed by atoms with Gasteiger partial charge in [-0.3, -0.25) is 72.3 Å². The predicted molar refractivity (Wildman–Crippen MR) is 423 cm³/mol. The SMILES string of the molecule is Cc1ccc(CC(=O)NCCCC[C@H](NC(=O)C(CCCCNC(=S)Nc2ccc(CC(C(=O)O)N3CCN(CC(=O)O)CCN(CC(=O)O)CCN(CC(=O)O)CC3)cc2)NC(=O)CNC(=O)CNC(=O)CNC(=O)Cn2nncc2-c2cccc(NC(=O)NCCCCC(NC(=O)NC(CCC(=O)O)C(=O)O)C(=O)O)c2)C(=O)O)cc1. The summed E-state index contributed by atoms with van der Waals surface area (Å²) in [5.74, 6) is -14.4. The number of aliphatic carboxylic acids is 8. The molecule has 1 aliphatic rings. The average Bonchev–Trinajstić information content (AvgIpc) is 1.60. The molecule has 10 amide bonds. The Bertz CT molecular complexity index is 4070. The van der Waals surface area contributed by atoms with Gasteiger partial charge in [-0.1, -0.05) is 59.3 Å². The van der Waals surface area contributed by atoms with E-state index >= 15 is 0 Å². The van der Waals surface area contributed by atoms with Crippen molar-refractivity contribution in [1.29, 1.82) is 0 Å². The Morgan fingerprint density at radius 1 is 0.432 bits per heavy atom. The molecule has 5 rings (SSSR count). The number of benzene rings is 3. The van der Waals surface area contributed by atoms with Gasteiger partial charge in [0.05, 0.1) is 57.6 Å². The van der Waals surface area contributed by atoms with Crippen LogP contribution in [0.15, 0.2) is 79.0 Å². The van der Waals surface area contributed by atoms with E-state index in [9.17, 15) is 112 Å². The molecule has 1 aromatic heterocycles. The third-order valence-electron chi connectivity index (χ3n) is 18.2. The van der Waals surface area contributed by atoms with Crippen molar-refractivity contribution >= 4 is 124 Å². The summed E-state index contributed by atoms with van der Waals surface area (Å²) in [6.45, 7) is -0.0603. The molecule has 0 spiro atoms. The summed E-state index contributed by atoms with van der Waals surface area (Å²) < 4.78 is 1.21. The van der Waals surface area contributed by atoms with E-state index in [1.165, 1.54) is 10.9 Å². The molecule has 5 atom stereocenters. The molecule has 1 saturated heterocycles. The fourth-order valence-corrected chi connectivity index (χ4v) is 12.2. The van der Waals surface area contributed by atoms with E-state index in [1.807, 2.05) is 36.5 Å². The highest BCUT2D eigenvalue weighted by Gasteiger charge is 2.31. The number of urea groups is 2. The summed E-state index contributed by atoms with van der Waals surface area (Å²) in [5.41, 5.74) is 4.04. The number of hydrogen-bond donors (Lipinski definition) is 20. The Morgan fingerprint density at radius 3 is 1.44 bits per heavy atom. The minimum Gasteiger partial charge on any atom is -0.481 e. The highest BCUT2D eigenvalue weighted by atomic mass is 32.1. The Labute approximate surface area is 682 Å². The number of unbranched alkanes of at least 4 members (excludes halogenated alkanes) is 3. The molecule has 644 valence electrons. The maximum absolute atomic E-state index is 13.9. The van der Waals surface area contributed by atoms with E-state index in [2.05, 4.69) is 68.8 Å². The number of amides is 10. The van der Waals surface area contributed by atoms with Gasteiger partial charge in [0.2, 0.25) is 35.4 Å². The van der Waals surface area contributed by atoms with Crippen LogP contribution >= 0.6 is 12.2 Å². The summed E-state index contributed by atoms with van der Waals surface area (Å²) in [6, 6.07) is 11.9. The standard InChI is InChI=1S/C74H103N19O24S/c1-46-14-16-48(17-15-46)36-58(94)75-24-5-3-12-53(68(108)109)85-67(107)52(11-2-7-26-77-74(118)83-50-20-18-47(19-21-50)35-56(71(114)115)92-33-31-90(44-65(103)104)29-27-89(43-64(101)102)28-30-91(32-34-92)45-66(105)106)84-61(97)41-79-59(95)39-78-60(96)40-80-62(98)42-93-57(38-81-88-93)49-9-8-10-51(37-49)82-72(116)76-25-6-4-13-54(69(110)111)86-73(117)87-55(70(112)113)22-23-63(99)100/h8-10,14-21,37-38,52-56H,2-7,11-13,22-36,39-45H2,1H3,(H,75,94)(H,78,96)(H,79,95)(H,80,98)(H,84,97)(H,85,107)(H,99,100)(H,101,102)(H,103,104)(H,105,106)(H,108,109)(H,110,111)(H,112,113)(H,114,115)(H2,76,82,116)(H2,77,83,118)(H2,86,87,117)/t52?,53-,54?,55?,56?/m0/s1. The predicted octanol–water partition coefficient (Wildman–Crippen LogP) is -1.82. The quantitative estimate of drug-likeness (QED) is 0.0171. The van der Waals surface area contributed by atoms with Crippen LogP contribution in [0.25, 0.3) is 11.3 Å². The maximum atomic E-state index is 13.9. The fraction of sp³-hybridized carbons (Fsp3) is 0.500. The Kier molecular flexibility index (Phi) is 41.8. The summed E-state index contributed by atoms with van der Waals surface area (Å²) in [4.78, 5) is 205. The second-order valence-corrected chi connectivity index (χ2v) is 28.0. The van der Waals surface area contributed by atoms with E-state index in [1.54, 1.807) is 68.1 Å².